The number of amides is 1. The minimum absolute atomic E-state index is 0.205. The van der Waals surface area contributed by atoms with Crippen LogP contribution >= 0.6 is 11.3 Å². The number of aryl methyl sites for hydroxylation is 1. The van der Waals surface area contributed by atoms with Gasteiger partial charge in [0.25, 0.3) is 0 Å². The van der Waals surface area contributed by atoms with Crippen molar-refractivity contribution in [3.63, 3.8) is 0 Å². The third-order valence-corrected chi connectivity index (χ3v) is 3.84. The van der Waals surface area contributed by atoms with Gasteiger partial charge >= 0.3 is 0 Å². The van der Waals surface area contributed by atoms with E-state index in [1.807, 2.05) is 17.5 Å². The van der Waals surface area contributed by atoms with Crippen molar-refractivity contribution in [3.05, 3.63) is 70.3 Å². The molecule has 6 heteroatoms. The van der Waals surface area contributed by atoms with Gasteiger partial charge in [-0.3, -0.25) is 4.79 Å². The molecule has 0 saturated heterocycles. The van der Waals surface area contributed by atoms with E-state index in [2.05, 4.69) is 34.5 Å². The quantitative estimate of drug-likeness (QED) is 0.732. The number of carbonyl (C=O) groups is 1. The highest BCUT2D eigenvalue weighted by atomic mass is 32.1. The van der Waals surface area contributed by atoms with E-state index in [9.17, 15) is 4.79 Å². The van der Waals surface area contributed by atoms with Crippen molar-refractivity contribution in [2.45, 2.75) is 13.5 Å². The van der Waals surface area contributed by atoms with E-state index in [1.165, 1.54) is 23.0 Å². The molecule has 0 radical (unpaired) electrons. The number of carbonyl (C=O) groups excluding carboxylic acids is 1. The molecular formula is C17H16N4OS. The maximum Gasteiger partial charge on any atom is 0.249 e. The Kier molecular flexibility index (Phi) is 4.63. The first-order valence-electron chi connectivity index (χ1n) is 7.15. The largest absolute Gasteiger partial charge is 0.307 e. The zero-order valence-electron chi connectivity index (χ0n) is 12.6. The number of rotatable bonds is 5. The first kappa shape index (κ1) is 15.2. The summed E-state index contributed by atoms with van der Waals surface area (Å²) in [6.07, 6.45) is 4.84. The topological polar surface area (TPSA) is 59.8 Å². The van der Waals surface area contributed by atoms with Gasteiger partial charge in [-0.2, -0.15) is 5.10 Å². The fourth-order valence-electron chi connectivity index (χ4n) is 2.18. The highest BCUT2D eigenvalue weighted by Gasteiger charge is 2.06. The molecule has 0 aliphatic rings. The number of hydrogen-bond acceptors (Lipinski definition) is 4. The SMILES string of the molecule is Cc1cccc(Cn2nccc2NC(=O)C=Cc2cscn2)c1. The van der Waals surface area contributed by atoms with Crippen LogP contribution in [-0.2, 0) is 11.3 Å². The molecule has 0 fully saturated rings. The maximum atomic E-state index is 12.0. The van der Waals surface area contributed by atoms with Crippen molar-refractivity contribution in [1.82, 2.24) is 14.8 Å². The summed E-state index contributed by atoms with van der Waals surface area (Å²) in [4.78, 5) is 16.1. The average Bonchev–Trinajstić information content (AvgIpc) is 3.18. The second-order valence-electron chi connectivity index (χ2n) is 5.10. The Morgan fingerprint density at radius 1 is 1.39 bits per heavy atom. The summed E-state index contributed by atoms with van der Waals surface area (Å²) in [5.74, 6) is 0.462. The molecule has 0 saturated carbocycles. The van der Waals surface area contributed by atoms with Gasteiger partial charge in [-0.05, 0) is 18.6 Å². The van der Waals surface area contributed by atoms with Gasteiger partial charge in [-0.1, -0.05) is 29.8 Å². The summed E-state index contributed by atoms with van der Waals surface area (Å²) in [5, 5.41) is 8.99. The van der Waals surface area contributed by atoms with Crippen LogP contribution in [0.5, 0.6) is 0 Å². The third kappa shape index (κ3) is 4.14. The van der Waals surface area contributed by atoms with Crippen molar-refractivity contribution in [2.24, 2.45) is 0 Å². The molecule has 0 bridgehead atoms. The van der Waals surface area contributed by atoms with Gasteiger partial charge in [0.1, 0.15) is 5.82 Å². The van der Waals surface area contributed by atoms with E-state index in [1.54, 1.807) is 28.5 Å². The molecule has 0 aliphatic heterocycles. The molecule has 0 unspecified atom stereocenters. The maximum absolute atomic E-state index is 12.0. The summed E-state index contributed by atoms with van der Waals surface area (Å²) < 4.78 is 1.77. The lowest BCUT2D eigenvalue weighted by Crippen LogP contribution is -2.13. The lowest BCUT2D eigenvalue weighted by atomic mass is 10.1. The average molecular weight is 324 g/mol. The van der Waals surface area contributed by atoms with Gasteiger partial charge in [0.05, 0.1) is 23.9 Å². The van der Waals surface area contributed by atoms with E-state index < -0.39 is 0 Å². The molecule has 1 aromatic carbocycles. The molecule has 2 heterocycles. The lowest BCUT2D eigenvalue weighted by molar-refractivity contribution is -0.111. The standard InChI is InChI=1S/C17H16N4OS/c1-13-3-2-4-14(9-13)10-21-16(7-8-19-21)20-17(22)6-5-15-11-23-12-18-15/h2-9,11-12H,10H2,1H3,(H,20,22). The van der Waals surface area contributed by atoms with Crippen molar-refractivity contribution in [3.8, 4) is 0 Å². The van der Waals surface area contributed by atoms with Crippen molar-refractivity contribution in [1.29, 1.82) is 0 Å². The van der Waals surface area contributed by atoms with Crippen LogP contribution in [-0.4, -0.2) is 20.7 Å². The fraction of sp³-hybridized carbons (Fsp3) is 0.118. The predicted octanol–water partition coefficient (Wildman–Crippen LogP) is 3.35. The molecule has 1 N–H and O–H groups in total. The smallest absolute Gasteiger partial charge is 0.249 e. The number of benzene rings is 1. The highest BCUT2D eigenvalue weighted by molar-refractivity contribution is 7.07. The van der Waals surface area contributed by atoms with E-state index in [0.29, 0.717) is 12.4 Å². The number of nitrogens with zero attached hydrogens (tertiary/aromatic N) is 3. The van der Waals surface area contributed by atoms with Gasteiger partial charge in [0.15, 0.2) is 0 Å². The van der Waals surface area contributed by atoms with Gasteiger partial charge < -0.3 is 5.32 Å². The van der Waals surface area contributed by atoms with Gasteiger partial charge in [-0.15, -0.1) is 11.3 Å². The minimum Gasteiger partial charge on any atom is -0.307 e. The van der Waals surface area contributed by atoms with E-state index in [4.69, 9.17) is 0 Å². The van der Waals surface area contributed by atoms with E-state index in [0.717, 1.165) is 11.3 Å². The second kappa shape index (κ2) is 7.02. The molecule has 0 spiro atoms. The Labute approximate surface area is 138 Å². The summed E-state index contributed by atoms with van der Waals surface area (Å²) in [7, 11) is 0. The van der Waals surface area contributed by atoms with Crippen LogP contribution in [0, 0.1) is 6.92 Å². The number of hydrogen-bond donors (Lipinski definition) is 1. The van der Waals surface area contributed by atoms with E-state index >= 15 is 0 Å². The first-order chi connectivity index (χ1) is 11.2. The molecule has 1 amide bonds. The predicted molar refractivity (Wildman–Crippen MR) is 92.3 cm³/mol. The summed E-state index contributed by atoms with van der Waals surface area (Å²) in [6, 6.07) is 10.0. The molecule has 3 rings (SSSR count). The Morgan fingerprint density at radius 2 is 2.30 bits per heavy atom. The van der Waals surface area contributed by atoms with Crippen LogP contribution in [0.4, 0.5) is 5.82 Å². The van der Waals surface area contributed by atoms with Crippen LogP contribution in [0.25, 0.3) is 6.08 Å². The second-order valence-corrected chi connectivity index (χ2v) is 5.82. The van der Waals surface area contributed by atoms with Gasteiger partial charge in [0.2, 0.25) is 5.91 Å². The normalized spacial score (nSPS) is 11.0. The van der Waals surface area contributed by atoms with Crippen LogP contribution in [0.1, 0.15) is 16.8 Å². The van der Waals surface area contributed by atoms with E-state index in [-0.39, 0.29) is 5.91 Å². The zero-order chi connectivity index (χ0) is 16.1. The fourth-order valence-corrected chi connectivity index (χ4v) is 2.70. The van der Waals surface area contributed by atoms with Crippen molar-refractivity contribution >= 4 is 29.1 Å². The molecule has 116 valence electrons. The summed E-state index contributed by atoms with van der Waals surface area (Å²) >= 11 is 1.49. The number of aromatic nitrogens is 3. The molecule has 23 heavy (non-hydrogen) atoms. The lowest BCUT2D eigenvalue weighted by Gasteiger charge is -2.08. The molecule has 3 aromatic rings. The number of nitrogens with one attached hydrogen (secondary N) is 1. The van der Waals surface area contributed by atoms with Gasteiger partial charge in [0, 0.05) is 17.5 Å². The first-order valence-corrected chi connectivity index (χ1v) is 8.09. The molecule has 2 aromatic heterocycles. The molecule has 5 nitrogen and oxygen atoms in total. The minimum atomic E-state index is -0.205. The monoisotopic (exact) mass is 324 g/mol. The van der Waals surface area contributed by atoms with Crippen LogP contribution in [0.15, 0.2) is 53.5 Å². The Hall–Kier alpha value is -2.73. The Morgan fingerprint density at radius 3 is 3.09 bits per heavy atom. The zero-order valence-corrected chi connectivity index (χ0v) is 13.5. The molecular weight excluding hydrogens is 308 g/mol. The number of anilines is 1. The molecule has 0 aliphatic carbocycles. The van der Waals surface area contributed by atoms with Crippen molar-refractivity contribution in [2.75, 3.05) is 5.32 Å². The van der Waals surface area contributed by atoms with Gasteiger partial charge in [-0.25, -0.2) is 9.67 Å². The number of thiazole rings is 1. The Bertz CT molecular complexity index is 821. The van der Waals surface area contributed by atoms with Crippen LogP contribution in [0.3, 0.4) is 0 Å². The third-order valence-electron chi connectivity index (χ3n) is 3.24. The van der Waals surface area contributed by atoms with Crippen molar-refractivity contribution < 1.29 is 4.79 Å². The summed E-state index contributed by atoms with van der Waals surface area (Å²) in [6.45, 7) is 2.67. The Balaban J connectivity index is 1.67. The van der Waals surface area contributed by atoms with Crippen LogP contribution < -0.4 is 5.32 Å². The van der Waals surface area contributed by atoms with Crippen LogP contribution in [0.2, 0.25) is 0 Å². The molecule has 0 atom stereocenters. The highest BCUT2D eigenvalue weighted by Crippen LogP contribution is 2.12. The summed E-state index contributed by atoms with van der Waals surface area (Å²) in [5.41, 5.74) is 4.85.